The third-order valence-electron chi connectivity index (χ3n) is 3.36. The molecule has 0 aliphatic carbocycles. The van der Waals surface area contributed by atoms with Crippen molar-refractivity contribution in [2.24, 2.45) is 0 Å². The first-order valence-electron chi connectivity index (χ1n) is 7.14. The fraction of sp³-hybridized carbons (Fsp3) is 0.562. The molecule has 1 aromatic carbocycles. The lowest BCUT2D eigenvalue weighted by molar-refractivity contribution is -0.124. The van der Waals surface area contributed by atoms with Gasteiger partial charge in [-0.25, -0.2) is 0 Å². The smallest absolute Gasteiger partial charge is 0.237 e. The Balaban J connectivity index is 1.86. The van der Waals surface area contributed by atoms with Crippen LogP contribution >= 0.6 is 0 Å². The number of rotatable bonds is 4. The summed E-state index contributed by atoms with van der Waals surface area (Å²) >= 11 is 0. The van der Waals surface area contributed by atoms with E-state index in [1.807, 2.05) is 45.9 Å². The molecule has 0 saturated heterocycles. The normalized spacial score (nSPS) is 19.1. The van der Waals surface area contributed by atoms with E-state index >= 15 is 0 Å². The van der Waals surface area contributed by atoms with E-state index in [1.54, 1.807) is 0 Å². The standard InChI is InChI=1S/C16H24N2O2/c1-11(15(19)18-16(2,3)4)17-9-12-10-20-14-8-6-5-7-13(12)14/h5-8,11-12,17H,9-10H2,1-4H3,(H,18,19). The number of amides is 1. The zero-order valence-corrected chi connectivity index (χ0v) is 12.7. The molecule has 4 nitrogen and oxygen atoms in total. The van der Waals surface area contributed by atoms with Crippen LogP contribution in [0.25, 0.3) is 0 Å². The number of fused-ring (bicyclic) bond motifs is 1. The van der Waals surface area contributed by atoms with Gasteiger partial charge >= 0.3 is 0 Å². The molecule has 0 saturated carbocycles. The Bertz CT molecular complexity index is 480. The predicted molar refractivity (Wildman–Crippen MR) is 80.0 cm³/mol. The van der Waals surface area contributed by atoms with Crippen molar-refractivity contribution in [2.75, 3.05) is 13.2 Å². The minimum Gasteiger partial charge on any atom is -0.493 e. The lowest BCUT2D eigenvalue weighted by Crippen LogP contribution is -2.50. The van der Waals surface area contributed by atoms with Gasteiger partial charge in [0.15, 0.2) is 0 Å². The van der Waals surface area contributed by atoms with Crippen molar-refractivity contribution in [3.05, 3.63) is 29.8 Å². The molecule has 0 aromatic heterocycles. The Morgan fingerprint density at radius 3 is 2.80 bits per heavy atom. The van der Waals surface area contributed by atoms with E-state index in [0.717, 1.165) is 12.3 Å². The molecule has 0 spiro atoms. The van der Waals surface area contributed by atoms with Gasteiger partial charge in [0, 0.05) is 23.6 Å². The number of ether oxygens (including phenoxy) is 1. The average molecular weight is 276 g/mol. The van der Waals surface area contributed by atoms with Gasteiger partial charge in [-0.15, -0.1) is 0 Å². The topological polar surface area (TPSA) is 50.4 Å². The summed E-state index contributed by atoms with van der Waals surface area (Å²) < 4.78 is 5.64. The highest BCUT2D eigenvalue weighted by atomic mass is 16.5. The first kappa shape index (κ1) is 14.9. The molecule has 1 aromatic rings. The zero-order chi connectivity index (χ0) is 14.8. The van der Waals surface area contributed by atoms with Crippen molar-refractivity contribution in [2.45, 2.75) is 45.2 Å². The molecule has 20 heavy (non-hydrogen) atoms. The molecule has 1 heterocycles. The van der Waals surface area contributed by atoms with E-state index in [4.69, 9.17) is 4.74 Å². The molecule has 0 radical (unpaired) electrons. The first-order valence-corrected chi connectivity index (χ1v) is 7.14. The van der Waals surface area contributed by atoms with Gasteiger partial charge in [-0.05, 0) is 33.8 Å². The molecule has 2 rings (SSSR count). The van der Waals surface area contributed by atoms with E-state index < -0.39 is 0 Å². The number of hydrogen-bond donors (Lipinski definition) is 2. The maximum Gasteiger partial charge on any atom is 0.237 e. The summed E-state index contributed by atoms with van der Waals surface area (Å²) in [6.45, 7) is 9.27. The third kappa shape index (κ3) is 3.73. The van der Waals surface area contributed by atoms with Crippen LogP contribution in [0.5, 0.6) is 5.75 Å². The Labute approximate surface area is 120 Å². The van der Waals surface area contributed by atoms with Crippen LogP contribution in [0.4, 0.5) is 0 Å². The summed E-state index contributed by atoms with van der Waals surface area (Å²) in [5, 5.41) is 6.28. The van der Waals surface area contributed by atoms with Crippen LogP contribution in [0.1, 0.15) is 39.2 Å². The van der Waals surface area contributed by atoms with Gasteiger partial charge in [0.2, 0.25) is 5.91 Å². The van der Waals surface area contributed by atoms with Crippen molar-refractivity contribution < 1.29 is 9.53 Å². The van der Waals surface area contributed by atoms with Gasteiger partial charge < -0.3 is 15.4 Å². The average Bonchev–Trinajstić information content (AvgIpc) is 2.77. The molecule has 1 aliphatic rings. The minimum atomic E-state index is -0.206. The summed E-state index contributed by atoms with van der Waals surface area (Å²) in [5.41, 5.74) is 1.03. The highest BCUT2D eigenvalue weighted by molar-refractivity contribution is 5.81. The van der Waals surface area contributed by atoms with Gasteiger partial charge in [0.1, 0.15) is 5.75 Å². The molecule has 2 atom stereocenters. The number of nitrogens with one attached hydrogen (secondary N) is 2. The molecular formula is C16H24N2O2. The monoisotopic (exact) mass is 276 g/mol. The van der Waals surface area contributed by atoms with Crippen LogP contribution in [0.15, 0.2) is 24.3 Å². The second-order valence-electron chi connectivity index (χ2n) is 6.41. The van der Waals surface area contributed by atoms with E-state index in [1.165, 1.54) is 5.56 Å². The van der Waals surface area contributed by atoms with Gasteiger partial charge in [-0.3, -0.25) is 4.79 Å². The van der Waals surface area contributed by atoms with Gasteiger partial charge in [0.25, 0.3) is 0 Å². The van der Waals surface area contributed by atoms with Crippen LogP contribution < -0.4 is 15.4 Å². The summed E-state index contributed by atoms with van der Waals surface area (Å²) in [5.74, 6) is 1.31. The largest absolute Gasteiger partial charge is 0.493 e. The molecular weight excluding hydrogens is 252 g/mol. The van der Waals surface area contributed by atoms with Crippen LogP contribution in [0.2, 0.25) is 0 Å². The number of hydrogen-bond acceptors (Lipinski definition) is 3. The van der Waals surface area contributed by atoms with E-state index in [0.29, 0.717) is 12.5 Å². The van der Waals surface area contributed by atoms with Crippen LogP contribution in [0.3, 0.4) is 0 Å². The van der Waals surface area contributed by atoms with E-state index in [9.17, 15) is 4.79 Å². The number of para-hydroxylation sites is 1. The van der Waals surface area contributed by atoms with Crippen molar-refractivity contribution in [1.29, 1.82) is 0 Å². The Hall–Kier alpha value is -1.55. The summed E-state index contributed by atoms with van der Waals surface area (Å²) in [7, 11) is 0. The number of carbonyl (C=O) groups excluding carboxylic acids is 1. The SMILES string of the molecule is CC(NCC1COc2ccccc21)C(=O)NC(C)(C)C. The quantitative estimate of drug-likeness (QED) is 0.885. The van der Waals surface area contributed by atoms with E-state index in [-0.39, 0.29) is 17.5 Å². The Morgan fingerprint density at radius 1 is 1.40 bits per heavy atom. The first-order chi connectivity index (χ1) is 9.37. The highest BCUT2D eigenvalue weighted by Crippen LogP contribution is 2.32. The maximum absolute atomic E-state index is 12.0. The summed E-state index contributed by atoms with van der Waals surface area (Å²) in [4.78, 5) is 12.0. The number of benzene rings is 1. The molecule has 4 heteroatoms. The third-order valence-corrected chi connectivity index (χ3v) is 3.36. The van der Waals surface area contributed by atoms with Crippen LogP contribution in [0, 0.1) is 0 Å². The predicted octanol–water partition coefficient (Wildman–Crippen LogP) is 2.06. The van der Waals surface area contributed by atoms with Gasteiger partial charge in [-0.2, -0.15) is 0 Å². The fourth-order valence-electron chi connectivity index (χ4n) is 2.29. The molecule has 2 N–H and O–H groups in total. The van der Waals surface area contributed by atoms with Crippen molar-refractivity contribution in [3.63, 3.8) is 0 Å². The fourth-order valence-corrected chi connectivity index (χ4v) is 2.29. The van der Waals surface area contributed by atoms with E-state index in [2.05, 4.69) is 16.7 Å². The molecule has 1 amide bonds. The van der Waals surface area contributed by atoms with Gasteiger partial charge in [0.05, 0.1) is 12.6 Å². The summed E-state index contributed by atoms with van der Waals surface area (Å²) in [6, 6.07) is 7.88. The Kier molecular flexibility index (Phi) is 4.33. The zero-order valence-electron chi connectivity index (χ0n) is 12.7. The lowest BCUT2D eigenvalue weighted by atomic mass is 10.0. The summed E-state index contributed by atoms with van der Waals surface area (Å²) in [6.07, 6.45) is 0. The number of carbonyl (C=O) groups is 1. The van der Waals surface area contributed by atoms with Gasteiger partial charge in [-0.1, -0.05) is 18.2 Å². The van der Waals surface area contributed by atoms with Crippen LogP contribution in [-0.4, -0.2) is 30.6 Å². The van der Waals surface area contributed by atoms with Crippen molar-refractivity contribution in [1.82, 2.24) is 10.6 Å². The lowest BCUT2D eigenvalue weighted by Gasteiger charge is -2.24. The highest BCUT2D eigenvalue weighted by Gasteiger charge is 2.25. The second-order valence-corrected chi connectivity index (χ2v) is 6.41. The molecule has 0 bridgehead atoms. The Morgan fingerprint density at radius 2 is 2.10 bits per heavy atom. The molecule has 0 fully saturated rings. The van der Waals surface area contributed by atoms with Crippen molar-refractivity contribution >= 4 is 5.91 Å². The molecule has 2 unspecified atom stereocenters. The molecule has 1 aliphatic heterocycles. The van der Waals surface area contributed by atoms with Crippen LogP contribution in [-0.2, 0) is 4.79 Å². The van der Waals surface area contributed by atoms with Crippen molar-refractivity contribution in [3.8, 4) is 5.75 Å². The molecule has 110 valence electrons. The maximum atomic E-state index is 12.0. The second kappa shape index (κ2) is 5.83. The minimum absolute atomic E-state index is 0.0321.